The lowest BCUT2D eigenvalue weighted by molar-refractivity contribution is -0.285. The van der Waals surface area contributed by atoms with Crippen molar-refractivity contribution in [3.05, 3.63) is 0 Å². The summed E-state index contributed by atoms with van der Waals surface area (Å²) < 4.78 is 33.0. The summed E-state index contributed by atoms with van der Waals surface area (Å²) in [7, 11) is -2.26. The highest BCUT2D eigenvalue weighted by atomic mass is 32.2. The molecule has 1 aliphatic heterocycles. The van der Waals surface area contributed by atoms with Gasteiger partial charge in [-0.2, -0.15) is 0 Å². The fourth-order valence-corrected chi connectivity index (χ4v) is 3.06. The molecule has 9 heteroatoms. The Kier molecular flexibility index (Phi) is 5.46. The number of methoxy groups -OCH3 is 1. The Bertz CT molecular complexity index is 358. The van der Waals surface area contributed by atoms with E-state index >= 15 is 0 Å². The monoisotopic (exact) mass is 285 g/mol. The predicted molar refractivity (Wildman–Crippen MR) is 61.4 cm³/mol. The molecule has 0 radical (unpaired) electrons. The summed E-state index contributed by atoms with van der Waals surface area (Å²) in [5.74, 6) is -0.731. The first kappa shape index (κ1) is 15.8. The van der Waals surface area contributed by atoms with Crippen LogP contribution in [0.5, 0.6) is 0 Å². The highest BCUT2D eigenvalue weighted by Gasteiger charge is 2.45. The second kappa shape index (κ2) is 6.24. The Morgan fingerprint density at radius 2 is 1.83 bits per heavy atom. The zero-order chi connectivity index (χ0) is 13.9. The first-order valence-corrected chi connectivity index (χ1v) is 7.27. The van der Waals surface area contributed by atoms with Crippen molar-refractivity contribution in [2.45, 2.75) is 30.7 Å². The third kappa shape index (κ3) is 3.60. The van der Waals surface area contributed by atoms with Crippen molar-refractivity contribution in [1.82, 2.24) is 0 Å². The van der Waals surface area contributed by atoms with Crippen molar-refractivity contribution in [3.8, 4) is 0 Å². The van der Waals surface area contributed by atoms with Gasteiger partial charge in [0.15, 0.2) is 16.1 Å². The second-order valence-corrected chi connectivity index (χ2v) is 6.38. The first-order chi connectivity index (χ1) is 8.32. The molecule has 0 saturated carbocycles. The molecule has 1 saturated heterocycles. The average Bonchev–Trinajstić information content (AvgIpc) is 2.29. The van der Waals surface area contributed by atoms with E-state index in [1.807, 2.05) is 0 Å². The SMILES string of the molecule is CO[C@H]1O[C@H](CS(=O)(=O)CCN)[C@@H](O)[C@H](O)[C@H]1O. The van der Waals surface area contributed by atoms with Crippen molar-refractivity contribution in [3.63, 3.8) is 0 Å². The molecule has 1 fully saturated rings. The third-order valence-corrected chi connectivity index (χ3v) is 4.44. The summed E-state index contributed by atoms with van der Waals surface area (Å²) in [6.07, 6.45) is -6.80. The van der Waals surface area contributed by atoms with E-state index in [1.165, 1.54) is 7.11 Å². The van der Waals surface area contributed by atoms with Crippen LogP contribution in [0.4, 0.5) is 0 Å². The maximum absolute atomic E-state index is 11.6. The molecule has 0 aromatic rings. The van der Waals surface area contributed by atoms with E-state index < -0.39 is 46.3 Å². The highest BCUT2D eigenvalue weighted by molar-refractivity contribution is 7.91. The minimum Gasteiger partial charge on any atom is -0.388 e. The summed E-state index contributed by atoms with van der Waals surface area (Å²) >= 11 is 0. The fourth-order valence-electron chi connectivity index (χ4n) is 1.76. The molecule has 1 aliphatic rings. The first-order valence-electron chi connectivity index (χ1n) is 5.45. The van der Waals surface area contributed by atoms with Gasteiger partial charge >= 0.3 is 0 Å². The lowest BCUT2D eigenvalue weighted by Gasteiger charge is -2.39. The molecule has 108 valence electrons. The smallest absolute Gasteiger partial charge is 0.186 e. The van der Waals surface area contributed by atoms with Crippen LogP contribution in [-0.4, -0.2) is 79.6 Å². The van der Waals surface area contributed by atoms with Gasteiger partial charge in [-0.05, 0) is 0 Å². The Morgan fingerprint density at radius 3 is 2.33 bits per heavy atom. The topological polar surface area (TPSA) is 139 Å². The predicted octanol–water partition coefficient (Wildman–Crippen LogP) is -3.19. The second-order valence-electron chi connectivity index (χ2n) is 4.15. The molecule has 0 bridgehead atoms. The van der Waals surface area contributed by atoms with Crippen LogP contribution in [0.15, 0.2) is 0 Å². The minimum atomic E-state index is -3.50. The van der Waals surface area contributed by atoms with Gasteiger partial charge in [0, 0.05) is 13.7 Å². The molecular formula is C9H19NO7S. The summed E-state index contributed by atoms with van der Waals surface area (Å²) in [5.41, 5.74) is 5.16. The van der Waals surface area contributed by atoms with Gasteiger partial charge in [0.2, 0.25) is 0 Å². The van der Waals surface area contributed by atoms with E-state index in [0.29, 0.717) is 0 Å². The van der Waals surface area contributed by atoms with E-state index in [4.69, 9.17) is 15.2 Å². The van der Waals surface area contributed by atoms with E-state index in [9.17, 15) is 23.7 Å². The van der Waals surface area contributed by atoms with Crippen molar-refractivity contribution >= 4 is 9.84 Å². The number of ether oxygens (including phenoxy) is 2. The molecule has 5 N–H and O–H groups in total. The third-order valence-electron chi connectivity index (χ3n) is 2.75. The quantitative estimate of drug-likeness (QED) is 0.414. The molecule has 18 heavy (non-hydrogen) atoms. The van der Waals surface area contributed by atoms with Crippen LogP contribution in [0.25, 0.3) is 0 Å². The van der Waals surface area contributed by atoms with Gasteiger partial charge in [0.05, 0.1) is 11.5 Å². The van der Waals surface area contributed by atoms with Crippen molar-refractivity contribution in [2.75, 3.05) is 25.2 Å². The van der Waals surface area contributed by atoms with Crippen molar-refractivity contribution in [1.29, 1.82) is 0 Å². The standard InChI is InChI=1S/C9H19NO7S/c1-16-9-8(13)7(12)6(11)5(17-9)4-18(14,15)3-2-10/h5-9,11-13H,2-4,10H2,1H3/t5-,6-,7+,8-,9+/m1/s1. The minimum absolute atomic E-state index is 0.0377. The maximum atomic E-state index is 11.6. The van der Waals surface area contributed by atoms with E-state index in [1.54, 1.807) is 0 Å². The number of hydrogen-bond acceptors (Lipinski definition) is 8. The largest absolute Gasteiger partial charge is 0.388 e. The molecule has 0 aliphatic carbocycles. The number of aliphatic hydroxyl groups is 3. The lowest BCUT2D eigenvalue weighted by Crippen LogP contribution is -2.59. The Labute approximate surface area is 105 Å². The van der Waals surface area contributed by atoms with Crippen molar-refractivity contribution < 1.29 is 33.2 Å². The fraction of sp³-hybridized carbons (Fsp3) is 1.00. The zero-order valence-electron chi connectivity index (χ0n) is 9.97. The summed E-state index contributed by atoms with van der Waals surface area (Å²) in [6.45, 7) is -0.0377. The number of rotatable bonds is 5. The Balaban J connectivity index is 2.76. The maximum Gasteiger partial charge on any atom is 0.186 e. The van der Waals surface area contributed by atoms with Crippen LogP contribution in [-0.2, 0) is 19.3 Å². The van der Waals surface area contributed by atoms with Crippen LogP contribution in [0.1, 0.15) is 0 Å². The molecule has 5 atom stereocenters. The molecule has 0 unspecified atom stereocenters. The van der Waals surface area contributed by atoms with Crippen LogP contribution >= 0.6 is 0 Å². The Morgan fingerprint density at radius 1 is 1.22 bits per heavy atom. The number of nitrogens with two attached hydrogens (primary N) is 1. The van der Waals surface area contributed by atoms with Gasteiger partial charge in [-0.25, -0.2) is 8.42 Å². The van der Waals surface area contributed by atoms with Crippen LogP contribution in [0, 0.1) is 0 Å². The summed E-state index contributed by atoms with van der Waals surface area (Å²) in [5, 5.41) is 28.7. The van der Waals surface area contributed by atoms with E-state index in [2.05, 4.69) is 0 Å². The van der Waals surface area contributed by atoms with Gasteiger partial charge in [-0.3, -0.25) is 0 Å². The average molecular weight is 285 g/mol. The molecule has 0 aromatic heterocycles. The van der Waals surface area contributed by atoms with Crippen molar-refractivity contribution in [2.24, 2.45) is 5.73 Å². The molecule has 1 rings (SSSR count). The number of sulfone groups is 1. The van der Waals surface area contributed by atoms with Gasteiger partial charge in [0.1, 0.15) is 24.4 Å². The van der Waals surface area contributed by atoms with Crippen LogP contribution in [0.2, 0.25) is 0 Å². The molecule has 0 amide bonds. The summed E-state index contributed by atoms with van der Waals surface area (Å²) in [4.78, 5) is 0. The van der Waals surface area contributed by atoms with Gasteiger partial charge in [-0.1, -0.05) is 0 Å². The van der Waals surface area contributed by atoms with Gasteiger partial charge in [0.25, 0.3) is 0 Å². The molecular weight excluding hydrogens is 266 g/mol. The number of hydrogen-bond donors (Lipinski definition) is 4. The Hall–Kier alpha value is -0.290. The van der Waals surface area contributed by atoms with E-state index in [0.717, 1.165) is 0 Å². The van der Waals surface area contributed by atoms with E-state index in [-0.39, 0.29) is 12.3 Å². The molecule has 0 aromatic carbocycles. The van der Waals surface area contributed by atoms with Gasteiger partial charge in [-0.15, -0.1) is 0 Å². The van der Waals surface area contributed by atoms with Crippen LogP contribution in [0.3, 0.4) is 0 Å². The summed E-state index contributed by atoms with van der Waals surface area (Å²) in [6, 6.07) is 0. The van der Waals surface area contributed by atoms with Crippen LogP contribution < -0.4 is 5.73 Å². The molecule has 8 nitrogen and oxygen atoms in total. The zero-order valence-corrected chi connectivity index (χ0v) is 10.8. The lowest BCUT2D eigenvalue weighted by atomic mass is 10.00. The van der Waals surface area contributed by atoms with Gasteiger partial charge < -0.3 is 30.5 Å². The molecule has 0 spiro atoms. The normalized spacial score (nSPS) is 37.7. The highest BCUT2D eigenvalue weighted by Crippen LogP contribution is 2.22. The number of aliphatic hydroxyl groups excluding tert-OH is 3. The molecule has 1 heterocycles.